The topological polar surface area (TPSA) is 30.5 Å². The standard InChI is InChI=1S/C11H14FNO2/c1-14-11-3-2-8(12)6-9(11)10-7-15-5-4-13-10/h2-3,6,10,13H,4-5,7H2,1H3. The Hall–Kier alpha value is -1.13. The Bertz CT molecular complexity index is 337. The Kier molecular flexibility index (Phi) is 3.18. The van der Waals surface area contributed by atoms with Gasteiger partial charge in [-0.15, -0.1) is 0 Å². The highest BCUT2D eigenvalue weighted by Crippen LogP contribution is 2.27. The molecule has 1 aliphatic rings. The summed E-state index contributed by atoms with van der Waals surface area (Å²) in [6, 6.07) is 4.54. The molecule has 0 aliphatic carbocycles. The number of hydrogen-bond acceptors (Lipinski definition) is 3. The molecule has 1 fully saturated rings. The van der Waals surface area contributed by atoms with Crippen LogP contribution in [0.2, 0.25) is 0 Å². The number of benzene rings is 1. The quantitative estimate of drug-likeness (QED) is 0.804. The van der Waals surface area contributed by atoms with Crippen molar-refractivity contribution in [2.45, 2.75) is 6.04 Å². The molecular weight excluding hydrogens is 197 g/mol. The van der Waals surface area contributed by atoms with Gasteiger partial charge in [0.05, 0.1) is 26.4 Å². The molecule has 2 rings (SSSR count). The van der Waals surface area contributed by atoms with E-state index in [0.717, 1.165) is 12.1 Å². The lowest BCUT2D eigenvalue weighted by Crippen LogP contribution is -2.34. The zero-order chi connectivity index (χ0) is 10.7. The normalized spacial score (nSPS) is 21.3. The lowest BCUT2D eigenvalue weighted by atomic mass is 10.1. The Labute approximate surface area is 88.2 Å². The minimum Gasteiger partial charge on any atom is -0.496 e. The van der Waals surface area contributed by atoms with Crippen LogP contribution in [0.1, 0.15) is 11.6 Å². The highest BCUT2D eigenvalue weighted by Gasteiger charge is 2.19. The molecule has 1 unspecified atom stereocenters. The van der Waals surface area contributed by atoms with Crippen LogP contribution in [0.3, 0.4) is 0 Å². The number of halogens is 1. The molecule has 0 aromatic heterocycles. The third kappa shape index (κ3) is 2.27. The van der Waals surface area contributed by atoms with Gasteiger partial charge in [-0.05, 0) is 18.2 Å². The molecule has 1 aromatic carbocycles. The molecule has 0 spiro atoms. The number of nitrogens with one attached hydrogen (secondary N) is 1. The molecule has 1 heterocycles. The first kappa shape index (κ1) is 10.4. The van der Waals surface area contributed by atoms with E-state index in [0.29, 0.717) is 19.0 Å². The lowest BCUT2D eigenvalue weighted by molar-refractivity contribution is 0.0759. The van der Waals surface area contributed by atoms with Crippen LogP contribution in [0, 0.1) is 5.82 Å². The second-order valence-corrected chi connectivity index (χ2v) is 3.47. The minimum absolute atomic E-state index is 0.0180. The van der Waals surface area contributed by atoms with Gasteiger partial charge in [0, 0.05) is 12.1 Å². The summed E-state index contributed by atoms with van der Waals surface area (Å²) >= 11 is 0. The number of ether oxygens (including phenoxy) is 2. The second kappa shape index (κ2) is 4.59. The maximum atomic E-state index is 13.1. The fourth-order valence-corrected chi connectivity index (χ4v) is 1.74. The summed E-state index contributed by atoms with van der Waals surface area (Å²) in [7, 11) is 1.58. The van der Waals surface area contributed by atoms with Crippen LogP contribution in [-0.2, 0) is 4.74 Å². The highest BCUT2D eigenvalue weighted by atomic mass is 19.1. The Morgan fingerprint density at radius 3 is 3.07 bits per heavy atom. The van der Waals surface area contributed by atoms with Crippen molar-refractivity contribution in [1.29, 1.82) is 0 Å². The van der Waals surface area contributed by atoms with Gasteiger partial charge in [-0.1, -0.05) is 0 Å². The summed E-state index contributed by atoms with van der Waals surface area (Å²) in [5.74, 6) is 0.442. The summed E-state index contributed by atoms with van der Waals surface area (Å²) in [5, 5.41) is 3.27. The average molecular weight is 211 g/mol. The zero-order valence-corrected chi connectivity index (χ0v) is 8.63. The largest absolute Gasteiger partial charge is 0.496 e. The Morgan fingerprint density at radius 2 is 2.40 bits per heavy atom. The summed E-state index contributed by atoms with van der Waals surface area (Å²) < 4.78 is 23.6. The second-order valence-electron chi connectivity index (χ2n) is 3.47. The maximum Gasteiger partial charge on any atom is 0.123 e. The van der Waals surface area contributed by atoms with Gasteiger partial charge in [-0.3, -0.25) is 0 Å². The summed E-state index contributed by atoms with van der Waals surface area (Å²) in [6.45, 7) is 2.04. The molecule has 4 heteroatoms. The van der Waals surface area contributed by atoms with E-state index in [1.165, 1.54) is 12.1 Å². The third-order valence-electron chi connectivity index (χ3n) is 2.49. The first-order chi connectivity index (χ1) is 7.31. The van der Waals surface area contributed by atoms with Crippen LogP contribution in [0.15, 0.2) is 18.2 Å². The van der Waals surface area contributed by atoms with Gasteiger partial charge in [0.1, 0.15) is 11.6 Å². The van der Waals surface area contributed by atoms with Crippen LogP contribution in [0.5, 0.6) is 5.75 Å². The lowest BCUT2D eigenvalue weighted by Gasteiger charge is -2.25. The van der Waals surface area contributed by atoms with Crippen molar-refractivity contribution in [2.24, 2.45) is 0 Å². The molecule has 0 amide bonds. The van der Waals surface area contributed by atoms with Gasteiger partial charge in [0.25, 0.3) is 0 Å². The van der Waals surface area contributed by atoms with Gasteiger partial charge in [-0.25, -0.2) is 4.39 Å². The molecule has 1 aliphatic heterocycles. The van der Waals surface area contributed by atoms with E-state index < -0.39 is 0 Å². The molecule has 15 heavy (non-hydrogen) atoms. The molecule has 1 aromatic rings. The van der Waals surface area contributed by atoms with E-state index in [1.54, 1.807) is 13.2 Å². The molecule has 0 saturated carbocycles. The molecule has 1 atom stereocenters. The van der Waals surface area contributed by atoms with Crippen LogP contribution in [0.4, 0.5) is 4.39 Å². The van der Waals surface area contributed by atoms with Crippen LogP contribution >= 0.6 is 0 Å². The molecule has 3 nitrogen and oxygen atoms in total. The van der Waals surface area contributed by atoms with Gasteiger partial charge in [0.15, 0.2) is 0 Å². The van der Waals surface area contributed by atoms with E-state index >= 15 is 0 Å². The van der Waals surface area contributed by atoms with E-state index in [4.69, 9.17) is 9.47 Å². The van der Waals surface area contributed by atoms with Crippen LogP contribution < -0.4 is 10.1 Å². The molecular formula is C11H14FNO2. The summed E-state index contributed by atoms with van der Waals surface area (Å²) in [6.07, 6.45) is 0. The van der Waals surface area contributed by atoms with E-state index in [2.05, 4.69) is 5.32 Å². The minimum atomic E-state index is -0.252. The van der Waals surface area contributed by atoms with Crippen LogP contribution in [0.25, 0.3) is 0 Å². The number of hydrogen-bond donors (Lipinski definition) is 1. The van der Waals surface area contributed by atoms with Crippen LogP contribution in [-0.4, -0.2) is 26.9 Å². The van der Waals surface area contributed by atoms with Crippen molar-refractivity contribution in [3.05, 3.63) is 29.6 Å². The predicted molar refractivity (Wildman–Crippen MR) is 54.5 cm³/mol. The number of morpholine rings is 1. The summed E-state index contributed by atoms with van der Waals surface area (Å²) in [5.41, 5.74) is 0.817. The molecule has 1 N–H and O–H groups in total. The van der Waals surface area contributed by atoms with Gasteiger partial charge in [-0.2, -0.15) is 0 Å². The average Bonchev–Trinajstić information content (AvgIpc) is 2.30. The van der Waals surface area contributed by atoms with Crippen molar-refractivity contribution in [3.63, 3.8) is 0 Å². The zero-order valence-electron chi connectivity index (χ0n) is 8.63. The van der Waals surface area contributed by atoms with E-state index in [1.807, 2.05) is 0 Å². The fraction of sp³-hybridized carbons (Fsp3) is 0.455. The molecule has 1 saturated heterocycles. The Balaban J connectivity index is 2.27. The molecule has 0 radical (unpaired) electrons. The highest BCUT2D eigenvalue weighted by molar-refractivity contribution is 5.36. The predicted octanol–water partition coefficient (Wildman–Crippen LogP) is 1.50. The van der Waals surface area contributed by atoms with Gasteiger partial charge < -0.3 is 14.8 Å². The fourth-order valence-electron chi connectivity index (χ4n) is 1.74. The Morgan fingerprint density at radius 1 is 1.53 bits per heavy atom. The van der Waals surface area contributed by atoms with Crippen molar-refractivity contribution in [3.8, 4) is 5.75 Å². The maximum absolute atomic E-state index is 13.1. The van der Waals surface area contributed by atoms with Crippen molar-refractivity contribution in [1.82, 2.24) is 5.32 Å². The smallest absolute Gasteiger partial charge is 0.123 e. The van der Waals surface area contributed by atoms with E-state index in [9.17, 15) is 4.39 Å². The van der Waals surface area contributed by atoms with Crippen molar-refractivity contribution in [2.75, 3.05) is 26.9 Å². The van der Waals surface area contributed by atoms with Gasteiger partial charge in [0.2, 0.25) is 0 Å². The number of rotatable bonds is 2. The first-order valence-corrected chi connectivity index (χ1v) is 4.96. The monoisotopic (exact) mass is 211 g/mol. The first-order valence-electron chi connectivity index (χ1n) is 4.96. The molecule has 82 valence electrons. The van der Waals surface area contributed by atoms with Crippen molar-refractivity contribution >= 4 is 0 Å². The SMILES string of the molecule is COc1ccc(F)cc1C1COCCN1. The number of methoxy groups -OCH3 is 1. The molecule has 0 bridgehead atoms. The summed E-state index contributed by atoms with van der Waals surface area (Å²) in [4.78, 5) is 0. The van der Waals surface area contributed by atoms with Gasteiger partial charge >= 0.3 is 0 Å². The van der Waals surface area contributed by atoms with E-state index in [-0.39, 0.29) is 11.9 Å². The third-order valence-corrected chi connectivity index (χ3v) is 2.49. The van der Waals surface area contributed by atoms with Crippen molar-refractivity contribution < 1.29 is 13.9 Å².